The lowest BCUT2D eigenvalue weighted by Gasteiger charge is -2.30. The number of benzene rings is 1. The molecule has 0 fully saturated rings. The molecule has 0 radical (unpaired) electrons. The minimum Gasteiger partial charge on any atom is -0.458 e. The number of amides is 1. The minimum atomic E-state index is -0.769. The monoisotopic (exact) mass is 355 g/mol. The summed E-state index contributed by atoms with van der Waals surface area (Å²) < 4.78 is 5.47. The van der Waals surface area contributed by atoms with Crippen LogP contribution in [0.5, 0.6) is 0 Å². The van der Waals surface area contributed by atoms with Gasteiger partial charge in [-0.2, -0.15) is 0 Å². The number of halogens is 2. The Kier molecular flexibility index (Phi) is 5.37. The quantitative estimate of drug-likeness (QED) is 0.776. The van der Waals surface area contributed by atoms with Crippen molar-refractivity contribution < 1.29 is 14.3 Å². The molecule has 6 heteroatoms. The van der Waals surface area contributed by atoms with Gasteiger partial charge >= 0.3 is 5.97 Å². The zero-order valence-electron chi connectivity index (χ0n) is 13.3. The lowest BCUT2D eigenvalue weighted by Crippen LogP contribution is -2.47. The van der Waals surface area contributed by atoms with E-state index in [2.05, 4.69) is 0 Å². The fraction of sp³-hybridized carbons (Fsp3) is 0.412. The van der Waals surface area contributed by atoms with Crippen LogP contribution in [0.3, 0.4) is 0 Å². The smallest absolute Gasteiger partial charge is 0.329 e. The predicted octanol–water partition coefficient (Wildman–Crippen LogP) is 3.47. The second-order valence-corrected chi connectivity index (χ2v) is 7.23. The van der Waals surface area contributed by atoms with Crippen molar-refractivity contribution in [3.63, 3.8) is 0 Å². The Balaban J connectivity index is 2.25. The van der Waals surface area contributed by atoms with Crippen LogP contribution in [0.1, 0.15) is 26.3 Å². The molecule has 1 aliphatic rings. The molecule has 0 saturated carbocycles. The zero-order valence-corrected chi connectivity index (χ0v) is 14.8. The lowest BCUT2D eigenvalue weighted by molar-refractivity contribution is -0.163. The van der Waals surface area contributed by atoms with E-state index in [9.17, 15) is 9.59 Å². The highest BCUT2D eigenvalue weighted by Gasteiger charge is 2.39. The number of esters is 1. The van der Waals surface area contributed by atoms with Crippen LogP contribution in [0.4, 0.5) is 0 Å². The van der Waals surface area contributed by atoms with Gasteiger partial charge in [-0.3, -0.25) is 4.79 Å². The van der Waals surface area contributed by atoms with Crippen molar-refractivity contribution in [2.45, 2.75) is 38.8 Å². The number of hydrogen-bond donors (Lipinski definition) is 0. The maximum absolute atomic E-state index is 12.6. The third kappa shape index (κ3) is 4.49. The summed E-state index contributed by atoms with van der Waals surface area (Å²) in [5.74, 6) is -0.908. The molecule has 1 aromatic rings. The van der Waals surface area contributed by atoms with Crippen LogP contribution in [-0.2, 0) is 20.7 Å². The van der Waals surface area contributed by atoms with Crippen molar-refractivity contribution in [2.24, 2.45) is 0 Å². The topological polar surface area (TPSA) is 46.6 Å². The summed E-state index contributed by atoms with van der Waals surface area (Å²) in [6.45, 7) is 5.48. The first-order valence-corrected chi connectivity index (χ1v) is 8.06. The third-order valence-electron chi connectivity index (χ3n) is 3.32. The number of hydrogen-bond acceptors (Lipinski definition) is 3. The molecule has 1 heterocycles. The maximum Gasteiger partial charge on any atom is 0.329 e. The Bertz CT molecular complexity index is 635. The Morgan fingerprint density at radius 1 is 1.26 bits per heavy atom. The number of carbonyl (C=O) groups excluding carboxylic acids is 2. The molecule has 1 atom stereocenters. The number of rotatable bonds is 4. The van der Waals surface area contributed by atoms with Gasteiger partial charge in [-0.05, 0) is 26.3 Å². The molecule has 124 valence electrons. The summed E-state index contributed by atoms with van der Waals surface area (Å²) in [6, 6.07) is 8.68. The maximum atomic E-state index is 12.6. The normalized spacial score (nSPS) is 16.7. The van der Waals surface area contributed by atoms with E-state index >= 15 is 0 Å². The molecule has 0 aliphatic carbocycles. The Hall–Kier alpha value is -1.52. The van der Waals surface area contributed by atoms with E-state index in [1.165, 1.54) is 4.90 Å². The van der Waals surface area contributed by atoms with Crippen molar-refractivity contribution in [1.82, 2.24) is 4.90 Å². The van der Waals surface area contributed by atoms with E-state index < -0.39 is 23.5 Å². The summed E-state index contributed by atoms with van der Waals surface area (Å²) in [5.41, 5.74) is 0.283. The number of ether oxygens (including phenoxy) is 1. The van der Waals surface area contributed by atoms with Gasteiger partial charge in [0.15, 0.2) is 0 Å². The highest BCUT2D eigenvalue weighted by molar-refractivity contribution is 6.49. The van der Waals surface area contributed by atoms with Gasteiger partial charge in [0.25, 0.3) is 5.91 Å². The first-order valence-electron chi connectivity index (χ1n) is 7.31. The molecule has 0 unspecified atom stereocenters. The van der Waals surface area contributed by atoms with Crippen molar-refractivity contribution >= 4 is 35.1 Å². The highest BCUT2D eigenvalue weighted by Crippen LogP contribution is 2.28. The van der Waals surface area contributed by atoms with Crippen LogP contribution >= 0.6 is 23.2 Å². The van der Waals surface area contributed by atoms with Crippen molar-refractivity contribution in [3.8, 4) is 0 Å². The fourth-order valence-electron chi connectivity index (χ4n) is 2.31. The highest BCUT2D eigenvalue weighted by atomic mass is 35.5. The van der Waals surface area contributed by atoms with Gasteiger partial charge in [-0.15, -0.1) is 0 Å². The molecule has 2 rings (SSSR count). The van der Waals surface area contributed by atoms with Crippen LogP contribution in [-0.4, -0.2) is 35.0 Å². The molecule has 0 aromatic heterocycles. The predicted molar refractivity (Wildman–Crippen MR) is 90.2 cm³/mol. The van der Waals surface area contributed by atoms with Gasteiger partial charge in [0, 0.05) is 6.42 Å². The van der Waals surface area contributed by atoms with E-state index in [4.69, 9.17) is 27.9 Å². The molecule has 0 saturated heterocycles. The average molecular weight is 356 g/mol. The molecule has 0 bridgehead atoms. The van der Waals surface area contributed by atoms with Crippen LogP contribution in [0.15, 0.2) is 40.4 Å². The molecule has 0 N–H and O–H groups in total. The van der Waals surface area contributed by atoms with E-state index in [0.717, 1.165) is 5.56 Å². The van der Waals surface area contributed by atoms with E-state index in [1.807, 2.05) is 30.3 Å². The summed E-state index contributed by atoms with van der Waals surface area (Å²) >= 11 is 11.9. The largest absolute Gasteiger partial charge is 0.458 e. The standard InChI is InChI=1S/C17H19Cl2NO3/c1-17(2,3)23-16(22)13(9-11-7-5-4-6-8-11)20-10-12(18)14(19)15(20)21/h4-8,13H,9-10H2,1-3H3/t13-/m0/s1. The van der Waals surface area contributed by atoms with Crippen molar-refractivity contribution in [3.05, 3.63) is 46.0 Å². The molecule has 4 nitrogen and oxygen atoms in total. The third-order valence-corrected chi connectivity index (χ3v) is 4.12. The Morgan fingerprint density at radius 2 is 1.87 bits per heavy atom. The van der Waals surface area contributed by atoms with Gasteiger partial charge in [0.2, 0.25) is 0 Å². The molecular formula is C17H19Cl2NO3. The molecular weight excluding hydrogens is 337 g/mol. The van der Waals surface area contributed by atoms with Gasteiger partial charge in [0.1, 0.15) is 16.7 Å². The Labute approximate surface area is 146 Å². The summed E-state index contributed by atoms with van der Waals surface area (Å²) in [6.07, 6.45) is 0.343. The van der Waals surface area contributed by atoms with Crippen molar-refractivity contribution in [2.75, 3.05) is 6.54 Å². The zero-order chi connectivity index (χ0) is 17.2. The minimum absolute atomic E-state index is 0.0340. The lowest BCUT2D eigenvalue weighted by atomic mass is 10.0. The van der Waals surface area contributed by atoms with Crippen molar-refractivity contribution in [1.29, 1.82) is 0 Å². The second-order valence-electron chi connectivity index (χ2n) is 6.39. The van der Waals surface area contributed by atoms with Crippen LogP contribution < -0.4 is 0 Å². The van der Waals surface area contributed by atoms with Gasteiger partial charge in [0.05, 0.1) is 11.6 Å². The first kappa shape index (κ1) is 17.8. The molecule has 0 spiro atoms. The van der Waals surface area contributed by atoms with E-state index in [-0.39, 0.29) is 16.6 Å². The van der Waals surface area contributed by atoms with E-state index in [1.54, 1.807) is 20.8 Å². The van der Waals surface area contributed by atoms with Crippen LogP contribution in [0, 0.1) is 0 Å². The Morgan fingerprint density at radius 3 is 2.35 bits per heavy atom. The van der Waals surface area contributed by atoms with Crippen LogP contribution in [0.2, 0.25) is 0 Å². The van der Waals surface area contributed by atoms with Gasteiger partial charge in [-0.25, -0.2) is 4.79 Å². The summed E-state index contributed by atoms with van der Waals surface area (Å²) in [5, 5.41) is 0.214. The average Bonchev–Trinajstić information content (AvgIpc) is 2.71. The fourth-order valence-corrected chi connectivity index (χ4v) is 2.69. The number of carbonyl (C=O) groups is 2. The van der Waals surface area contributed by atoms with Gasteiger partial charge in [-0.1, -0.05) is 53.5 Å². The molecule has 23 heavy (non-hydrogen) atoms. The summed E-state index contributed by atoms with van der Waals surface area (Å²) in [4.78, 5) is 26.2. The van der Waals surface area contributed by atoms with Crippen LogP contribution in [0.25, 0.3) is 0 Å². The first-order chi connectivity index (χ1) is 10.7. The number of nitrogens with zero attached hydrogens (tertiary/aromatic N) is 1. The van der Waals surface area contributed by atoms with E-state index in [0.29, 0.717) is 6.42 Å². The summed E-state index contributed by atoms with van der Waals surface area (Å²) in [7, 11) is 0. The SMILES string of the molecule is CC(C)(C)OC(=O)[C@H](Cc1ccccc1)N1CC(Cl)=C(Cl)C1=O. The molecule has 1 aromatic carbocycles. The molecule has 1 aliphatic heterocycles. The van der Waals surface area contributed by atoms with Gasteiger partial charge < -0.3 is 9.64 Å². The molecule has 1 amide bonds. The second kappa shape index (κ2) is 6.93.